The normalized spacial score (nSPS) is 21.1. The van der Waals surface area contributed by atoms with E-state index in [1.165, 1.54) is 29.2 Å². The van der Waals surface area contributed by atoms with E-state index in [4.69, 9.17) is 0 Å². The second kappa shape index (κ2) is 8.48. The van der Waals surface area contributed by atoms with Gasteiger partial charge in [-0.3, -0.25) is 0 Å². The van der Waals surface area contributed by atoms with Gasteiger partial charge in [-0.05, 0) is 19.1 Å². The molecule has 0 aromatic carbocycles. The van der Waals surface area contributed by atoms with E-state index in [1.807, 2.05) is 0 Å². The van der Waals surface area contributed by atoms with Crippen molar-refractivity contribution >= 4 is 21.5 Å². The molecular weight excluding hydrogens is 466 g/mol. The number of sulfonamides is 1. The molecule has 1 aliphatic heterocycles. The van der Waals surface area contributed by atoms with E-state index >= 15 is 0 Å². The summed E-state index contributed by atoms with van der Waals surface area (Å²) >= 11 is 0. The summed E-state index contributed by atoms with van der Waals surface area (Å²) in [5.41, 5.74) is 0.569. The summed E-state index contributed by atoms with van der Waals surface area (Å²) in [6.45, 7) is 1.06. The lowest BCUT2D eigenvalue weighted by Gasteiger charge is -2.43. The number of hydrogen-bond acceptors (Lipinski definition) is 7. The monoisotopic (exact) mass is 487 g/mol. The Morgan fingerprint density at radius 2 is 2.00 bits per heavy atom. The smallest absolute Gasteiger partial charge is 0.282 e. The van der Waals surface area contributed by atoms with Gasteiger partial charge in [0.1, 0.15) is 23.5 Å². The van der Waals surface area contributed by atoms with Gasteiger partial charge in [-0.25, -0.2) is 50.2 Å². The molecule has 0 saturated carbocycles. The molecule has 3 aromatic rings. The molecule has 0 radical (unpaired) electrons. The lowest BCUT2D eigenvalue weighted by atomic mass is 9.89. The number of alkyl halides is 4. The molecule has 1 N–H and O–H groups in total. The lowest BCUT2D eigenvalue weighted by molar-refractivity contribution is -0.0784. The summed E-state index contributed by atoms with van der Waals surface area (Å²) in [5.74, 6) is -4.00. The minimum atomic E-state index is -3.63. The van der Waals surface area contributed by atoms with Crippen molar-refractivity contribution in [3.8, 4) is 11.4 Å². The highest BCUT2D eigenvalue weighted by Crippen LogP contribution is 2.38. The Balaban J connectivity index is 1.66. The van der Waals surface area contributed by atoms with Gasteiger partial charge >= 0.3 is 0 Å². The molecule has 0 bridgehead atoms. The summed E-state index contributed by atoms with van der Waals surface area (Å²) in [6.07, 6.45) is 0.325. The first-order valence-corrected chi connectivity index (χ1v) is 11.9. The highest BCUT2D eigenvalue weighted by atomic mass is 32.2. The van der Waals surface area contributed by atoms with E-state index < -0.39 is 53.0 Å². The van der Waals surface area contributed by atoms with Gasteiger partial charge in [0.15, 0.2) is 5.65 Å². The summed E-state index contributed by atoms with van der Waals surface area (Å²) < 4.78 is 81.5. The van der Waals surface area contributed by atoms with Crippen molar-refractivity contribution in [2.75, 3.05) is 24.2 Å². The van der Waals surface area contributed by atoms with Gasteiger partial charge in [-0.2, -0.15) is 5.10 Å². The zero-order chi connectivity index (χ0) is 24.0. The molecule has 4 heterocycles. The molecule has 178 valence electrons. The third-order valence-corrected chi connectivity index (χ3v) is 6.21. The molecule has 0 aliphatic carbocycles. The first-order valence-electron chi connectivity index (χ1n) is 9.99. The number of nitrogens with one attached hydrogen (secondary N) is 1. The van der Waals surface area contributed by atoms with Crippen LogP contribution in [0.5, 0.6) is 0 Å². The molecule has 2 unspecified atom stereocenters. The summed E-state index contributed by atoms with van der Waals surface area (Å²) in [5, 5.41) is 3.91. The Labute approximate surface area is 186 Å². The Hall–Kier alpha value is -2.87. The number of nitrogens with zero attached hydrogens (tertiary/aromatic N) is 6. The maximum absolute atomic E-state index is 14.6. The average molecular weight is 487 g/mol. The van der Waals surface area contributed by atoms with E-state index in [2.05, 4.69) is 24.8 Å². The van der Waals surface area contributed by atoms with Crippen LogP contribution in [0.3, 0.4) is 0 Å². The molecule has 0 amide bonds. The van der Waals surface area contributed by atoms with E-state index in [9.17, 15) is 26.0 Å². The predicted octanol–water partition coefficient (Wildman–Crippen LogP) is 2.52. The number of imidazole rings is 1. The Morgan fingerprint density at radius 3 is 2.70 bits per heavy atom. The summed E-state index contributed by atoms with van der Waals surface area (Å²) in [6, 6.07) is 3.54. The van der Waals surface area contributed by atoms with Crippen LogP contribution in [0.4, 0.5) is 23.4 Å². The van der Waals surface area contributed by atoms with Crippen molar-refractivity contribution in [2.24, 2.45) is 5.92 Å². The molecule has 1 fully saturated rings. The zero-order valence-electron chi connectivity index (χ0n) is 17.7. The first kappa shape index (κ1) is 23.3. The first-order chi connectivity index (χ1) is 15.4. The van der Waals surface area contributed by atoms with Gasteiger partial charge in [-0.15, -0.1) is 0 Å². The van der Waals surface area contributed by atoms with Crippen LogP contribution in [0.1, 0.15) is 25.5 Å². The maximum atomic E-state index is 14.6. The Bertz CT molecular complexity index is 1270. The molecule has 2 atom stereocenters. The van der Waals surface area contributed by atoms with Crippen LogP contribution >= 0.6 is 0 Å². The predicted molar refractivity (Wildman–Crippen MR) is 112 cm³/mol. The molecule has 4 rings (SSSR count). The van der Waals surface area contributed by atoms with Gasteiger partial charge in [0.05, 0.1) is 24.1 Å². The second-order valence-electron chi connectivity index (χ2n) is 8.02. The van der Waals surface area contributed by atoms with E-state index in [0.717, 1.165) is 6.26 Å². The minimum absolute atomic E-state index is 0.145. The quantitative estimate of drug-likeness (QED) is 0.533. The minimum Gasteiger partial charge on any atom is -0.353 e. The van der Waals surface area contributed by atoms with Crippen LogP contribution in [0.25, 0.3) is 17.0 Å². The number of rotatable bonds is 6. The highest BCUT2D eigenvalue weighted by Gasteiger charge is 2.47. The van der Waals surface area contributed by atoms with Crippen LogP contribution in [-0.2, 0) is 10.0 Å². The van der Waals surface area contributed by atoms with Crippen molar-refractivity contribution in [1.29, 1.82) is 0 Å². The van der Waals surface area contributed by atoms with Gasteiger partial charge in [0.2, 0.25) is 10.0 Å². The number of hydrogen-bond donors (Lipinski definition) is 1. The number of halogens is 4. The van der Waals surface area contributed by atoms with Crippen LogP contribution in [0, 0.1) is 5.92 Å². The number of anilines is 1. The SMILES string of the molecule is CC1CC(F)(F)C(CNS(C)(=O)=O)CN1c1cc(-c2cnc3ccc(C(F)F)nn23)ncn1. The third kappa shape index (κ3) is 4.90. The summed E-state index contributed by atoms with van der Waals surface area (Å²) in [7, 11) is -3.63. The molecule has 14 heteroatoms. The number of aromatic nitrogens is 5. The van der Waals surface area contributed by atoms with Crippen LogP contribution < -0.4 is 9.62 Å². The zero-order valence-corrected chi connectivity index (χ0v) is 18.5. The van der Waals surface area contributed by atoms with Crippen LogP contribution in [0.15, 0.2) is 30.7 Å². The summed E-state index contributed by atoms with van der Waals surface area (Å²) in [4.78, 5) is 14.2. The van der Waals surface area contributed by atoms with Crippen molar-refractivity contribution in [2.45, 2.75) is 31.7 Å². The molecule has 1 saturated heterocycles. The topological polar surface area (TPSA) is 105 Å². The van der Waals surface area contributed by atoms with Crippen LogP contribution in [0.2, 0.25) is 0 Å². The molecule has 9 nitrogen and oxygen atoms in total. The lowest BCUT2D eigenvalue weighted by Crippen LogP contribution is -2.55. The largest absolute Gasteiger partial charge is 0.353 e. The number of piperidine rings is 1. The second-order valence-corrected chi connectivity index (χ2v) is 9.85. The molecular formula is C19H21F4N7O2S. The standard InChI is InChI=1S/C19H21F4N7O2S/c1-11-6-19(22,23)12(7-27-33(2,31)32)9-29(11)17-5-14(25-10-26-17)15-8-24-16-4-3-13(18(20)21)28-30(15)16/h3-5,8,10-12,18,27H,6-7,9H2,1-2H3. The van der Waals surface area contributed by atoms with Gasteiger partial charge in [0, 0.05) is 31.6 Å². The molecule has 3 aromatic heterocycles. The van der Waals surface area contributed by atoms with Gasteiger partial charge in [-0.1, -0.05) is 0 Å². The average Bonchev–Trinajstić information content (AvgIpc) is 3.15. The fourth-order valence-corrected chi connectivity index (χ4v) is 4.33. The van der Waals surface area contributed by atoms with Gasteiger partial charge < -0.3 is 4.90 Å². The van der Waals surface area contributed by atoms with Gasteiger partial charge in [0.25, 0.3) is 12.3 Å². The van der Waals surface area contributed by atoms with Crippen molar-refractivity contribution in [1.82, 2.24) is 29.3 Å². The van der Waals surface area contributed by atoms with Crippen molar-refractivity contribution < 1.29 is 26.0 Å². The molecule has 1 aliphatic rings. The van der Waals surface area contributed by atoms with Crippen molar-refractivity contribution in [3.63, 3.8) is 0 Å². The van der Waals surface area contributed by atoms with E-state index in [0.29, 0.717) is 22.9 Å². The fourth-order valence-electron chi connectivity index (χ4n) is 3.83. The third-order valence-electron chi connectivity index (χ3n) is 5.52. The fraction of sp³-hybridized carbons (Fsp3) is 0.474. The van der Waals surface area contributed by atoms with Crippen LogP contribution in [-0.4, -0.2) is 64.3 Å². The van der Waals surface area contributed by atoms with E-state index in [1.54, 1.807) is 17.9 Å². The highest BCUT2D eigenvalue weighted by molar-refractivity contribution is 7.88. The Kier molecular flexibility index (Phi) is 5.99. The van der Waals surface area contributed by atoms with E-state index in [-0.39, 0.29) is 6.54 Å². The maximum Gasteiger partial charge on any atom is 0.282 e. The molecule has 0 spiro atoms. The Morgan fingerprint density at radius 1 is 1.24 bits per heavy atom. The number of fused-ring (bicyclic) bond motifs is 1. The van der Waals surface area contributed by atoms with Crippen molar-refractivity contribution in [3.05, 3.63) is 36.4 Å². The molecule has 33 heavy (non-hydrogen) atoms.